The summed E-state index contributed by atoms with van der Waals surface area (Å²) < 4.78 is 18.2. The molecule has 0 spiro atoms. The Bertz CT molecular complexity index is 729. The van der Waals surface area contributed by atoms with E-state index in [9.17, 15) is 19.1 Å². The van der Waals surface area contributed by atoms with Gasteiger partial charge < -0.3 is 14.9 Å². The lowest BCUT2D eigenvalue weighted by Gasteiger charge is -2.15. The number of nitrogens with zero attached hydrogens (tertiary/aromatic N) is 2. The van der Waals surface area contributed by atoms with Crippen LogP contribution in [0.1, 0.15) is 35.3 Å². The molecule has 0 fully saturated rings. The highest BCUT2D eigenvalue weighted by molar-refractivity contribution is 5.84. The second-order valence-electron chi connectivity index (χ2n) is 5.08. The van der Waals surface area contributed by atoms with Gasteiger partial charge in [0.1, 0.15) is 5.82 Å². The lowest BCUT2D eigenvalue weighted by Crippen LogP contribution is -2.34. The summed E-state index contributed by atoms with van der Waals surface area (Å²) >= 11 is 0. The van der Waals surface area contributed by atoms with Crippen molar-refractivity contribution in [3.8, 4) is 0 Å². The fraction of sp³-hybridized carbons (Fsp3) is 0.333. The number of hydrogen-bond acceptors (Lipinski definition) is 5. The van der Waals surface area contributed by atoms with Crippen molar-refractivity contribution in [3.05, 3.63) is 46.9 Å². The highest BCUT2D eigenvalue weighted by Crippen LogP contribution is 2.17. The zero-order chi connectivity index (χ0) is 17.0. The first kappa shape index (κ1) is 16.6. The lowest BCUT2D eigenvalue weighted by molar-refractivity contribution is -0.142. The topological polar surface area (TPSA) is 105 Å². The van der Waals surface area contributed by atoms with Crippen LogP contribution < -0.4 is 5.32 Å². The van der Waals surface area contributed by atoms with Crippen LogP contribution >= 0.6 is 0 Å². The normalized spacial score (nSPS) is 12.0. The van der Waals surface area contributed by atoms with Crippen molar-refractivity contribution in [2.24, 2.45) is 0 Å². The number of hydrogen-bond donors (Lipinski definition) is 2. The number of aromatic nitrogens is 2. The third-order valence-electron chi connectivity index (χ3n) is 3.20. The zero-order valence-electron chi connectivity index (χ0n) is 12.7. The van der Waals surface area contributed by atoms with Gasteiger partial charge in [0, 0.05) is 12.8 Å². The van der Waals surface area contributed by atoms with E-state index in [1.54, 1.807) is 6.92 Å². The van der Waals surface area contributed by atoms with Crippen LogP contribution in [0.3, 0.4) is 0 Å². The lowest BCUT2D eigenvalue weighted by atomic mass is 10.0. The number of aryl methyl sites for hydroxylation is 3. The predicted octanol–water partition coefficient (Wildman–Crippen LogP) is 1.70. The van der Waals surface area contributed by atoms with E-state index in [1.165, 1.54) is 25.1 Å². The Morgan fingerprint density at radius 1 is 1.39 bits per heavy atom. The molecule has 7 nitrogen and oxygen atoms in total. The molecule has 23 heavy (non-hydrogen) atoms. The van der Waals surface area contributed by atoms with E-state index >= 15 is 0 Å². The fourth-order valence-corrected chi connectivity index (χ4v) is 2.03. The third kappa shape index (κ3) is 4.35. The molecule has 2 N–H and O–H groups in total. The number of carboxylic acid groups (broad SMARTS) is 1. The summed E-state index contributed by atoms with van der Waals surface area (Å²) in [7, 11) is 0. The van der Waals surface area contributed by atoms with E-state index in [0.717, 1.165) is 0 Å². The quantitative estimate of drug-likeness (QED) is 0.839. The van der Waals surface area contributed by atoms with Gasteiger partial charge in [-0.15, -0.1) is 0 Å². The number of aliphatic carboxylic acids is 1. The van der Waals surface area contributed by atoms with Crippen molar-refractivity contribution >= 4 is 11.9 Å². The molecule has 1 heterocycles. The molecule has 0 aliphatic rings. The molecule has 0 bridgehead atoms. The van der Waals surface area contributed by atoms with E-state index in [2.05, 4.69) is 15.5 Å². The van der Waals surface area contributed by atoms with Crippen LogP contribution in [0.15, 0.2) is 22.7 Å². The van der Waals surface area contributed by atoms with Gasteiger partial charge in [-0.2, -0.15) is 4.98 Å². The summed E-state index contributed by atoms with van der Waals surface area (Å²) in [4.78, 5) is 27.2. The summed E-state index contributed by atoms with van der Waals surface area (Å²) in [6, 6.07) is 2.66. The molecule has 2 rings (SSSR count). The number of rotatable bonds is 6. The van der Waals surface area contributed by atoms with Gasteiger partial charge in [-0.05, 0) is 31.0 Å². The van der Waals surface area contributed by atoms with Gasteiger partial charge >= 0.3 is 5.97 Å². The van der Waals surface area contributed by atoms with Crippen LogP contribution in [0, 0.1) is 19.7 Å². The summed E-state index contributed by atoms with van der Waals surface area (Å²) in [6.45, 7) is 3.18. The maximum absolute atomic E-state index is 13.3. The highest BCUT2D eigenvalue weighted by atomic mass is 19.1. The second-order valence-corrected chi connectivity index (χ2v) is 5.08. The van der Waals surface area contributed by atoms with Gasteiger partial charge in [0.05, 0.1) is 0 Å². The Hall–Kier alpha value is -2.77. The van der Waals surface area contributed by atoms with Crippen LogP contribution in [0.4, 0.5) is 4.39 Å². The van der Waals surface area contributed by atoms with Crippen molar-refractivity contribution in [3.63, 3.8) is 0 Å². The largest absolute Gasteiger partial charge is 0.479 e. The Balaban J connectivity index is 2.02. The molecule has 2 aromatic rings. The molecule has 8 heteroatoms. The van der Waals surface area contributed by atoms with Crippen molar-refractivity contribution < 1.29 is 23.6 Å². The van der Waals surface area contributed by atoms with E-state index in [0.29, 0.717) is 22.8 Å². The Morgan fingerprint density at radius 3 is 2.70 bits per heavy atom. The molecule has 0 aliphatic heterocycles. The summed E-state index contributed by atoms with van der Waals surface area (Å²) in [6.07, 6.45) is 0.215. The molecule has 1 amide bonds. The number of benzene rings is 1. The molecule has 1 aromatic carbocycles. The molecular formula is C15H16FN3O4. The van der Waals surface area contributed by atoms with Crippen molar-refractivity contribution in [2.45, 2.75) is 32.7 Å². The molecule has 122 valence electrons. The number of nitrogens with one attached hydrogen (secondary N) is 1. The van der Waals surface area contributed by atoms with E-state index in [1.807, 2.05) is 0 Å². The first-order chi connectivity index (χ1) is 10.9. The average molecular weight is 321 g/mol. The van der Waals surface area contributed by atoms with Crippen LogP contribution in [0.2, 0.25) is 0 Å². The summed E-state index contributed by atoms with van der Waals surface area (Å²) in [5.74, 6) is -1.36. The number of carbonyl (C=O) groups excluding carboxylic acids is 1. The maximum atomic E-state index is 13.3. The van der Waals surface area contributed by atoms with E-state index in [4.69, 9.17) is 4.52 Å². The minimum absolute atomic E-state index is 0.00555. The minimum Gasteiger partial charge on any atom is -0.479 e. The molecule has 1 aromatic heterocycles. The third-order valence-corrected chi connectivity index (χ3v) is 3.20. The van der Waals surface area contributed by atoms with Gasteiger partial charge in [-0.3, -0.25) is 4.79 Å². The summed E-state index contributed by atoms with van der Waals surface area (Å²) in [5.41, 5.74) is 0.614. The smallest absolute Gasteiger partial charge is 0.330 e. The Morgan fingerprint density at radius 2 is 2.13 bits per heavy atom. The average Bonchev–Trinajstić information content (AvgIpc) is 2.91. The standard InChI is InChI=1S/C15H16FN3O4/c1-8-7-10(3-4-11(8)16)14(15(21)22)18-12(20)5-6-13-17-9(2)19-23-13/h3-4,7,14H,5-6H2,1-2H3,(H,18,20)(H,21,22). The molecule has 0 saturated carbocycles. The molecular weight excluding hydrogens is 305 g/mol. The van der Waals surface area contributed by atoms with E-state index in [-0.39, 0.29) is 12.8 Å². The van der Waals surface area contributed by atoms with E-state index < -0.39 is 23.7 Å². The molecule has 0 aliphatic carbocycles. The molecule has 1 unspecified atom stereocenters. The van der Waals surface area contributed by atoms with Crippen molar-refractivity contribution in [1.29, 1.82) is 0 Å². The van der Waals surface area contributed by atoms with Gasteiger partial charge in [-0.25, -0.2) is 9.18 Å². The van der Waals surface area contributed by atoms with Gasteiger partial charge in [-0.1, -0.05) is 17.3 Å². The van der Waals surface area contributed by atoms with Crippen molar-refractivity contribution in [1.82, 2.24) is 15.5 Å². The van der Waals surface area contributed by atoms with Gasteiger partial charge in [0.2, 0.25) is 11.8 Å². The number of carboxylic acids is 1. The molecule has 1 atom stereocenters. The monoisotopic (exact) mass is 321 g/mol. The van der Waals surface area contributed by atoms with Gasteiger partial charge in [0.25, 0.3) is 0 Å². The van der Waals surface area contributed by atoms with Crippen LogP contribution in [0.25, 0.3) is 0 Å². The Kier molecular flexibility index (Phi) is 5.05. The predicted molar refractivity (Wildman–Crippen MR) is 77.0 cm³/mol. The maximum Gasteiger partial charge on any atom is 0.330 e. The zero-order valence-corrected chi connectivity index (χ0v) is 12.7. The minimum atomic E-state index is -1.24. The Labute approximate surface area is 131 Å². The van der Waals surface area contributed by atoms with Gasteiger partial charge in [0.15, 0.2) is 11.9 Å². The number of amides is 1. The number of halogens is 1. The first-order valence-electron chi connectivity index (χ1n) is 6.94. The van der Waals surface area contributed by atoms with Crippen molar-refractivity contribution in [2.75, 3.05) is 0 Å². The van der Waals surface area contributed by atoms with Crippen LogP contribution in [0.5, 0.6) is 0 Å². The van der Waals surface area contributed by atoms with Crippen LogP contribution in [-0.4, -0.2) is 27.1 Å². The molecule has 0 saturated heterocycles. The summed E-state index contributed by atoms with van der Waals surface area (Å²) in [5, 5.41) is 15.3. The highest BCUT2D eigenvalue weighted by Gasteiger charge is 2.22. The fourth-order valence-electron chi connectivity index (χ4n) is 2.03. The number of carbonyl (C=O) groups is 2. The SMILES string of the molecule is Cc1noc(CCC(=O)NC(C(=O)O)c2ccc(F)c(C)c2)n1. The van der Waals surface area contributed by atoms with Crippen LogP contribution in [-0.2, 0) is 16.0 Å². The first-order valence-corrected chi connectivity index (χ1v) is 6.94. The molecule has 0 radical (unpaired) electrons. The second kappa shape index (κ2) is 6.99.